The Morgan fingerprint density at radius 2 is 2.08 bits per heavy atom. The van der Waals surface area contributed by atoms with Crippen LogP contribution in [0.25, 0.3) is 0 Å². The first-order chi connectivity index (χ1) is 11.7. The summed E-state index contributed by atoms with van der Waals surface area (Å²) in [6.07, 6.45) is -4.46. The fraction of sp³-hybridized carbons (Fsp3) is 0.375. The van der Waals surface area contributed by atoms with E-state index in [4.69, 9.17) is 9.26 Å². The van der Waals surface area contributed by atoms with Gasteiger partial charge in [0.25, 0.3) is 5.91 Å². The molecule has 1 saturated heterocycles. The highest BCUT2D eigenvalue weighted by Gasteiger charge is 2.42. The monoisotopic (exact) mass is 356 g/mol. The summed E-state index contributed by atoms with van der Waals surface area (Å²) in [6, 6.07) is 5.32. The molecule has 1 aliphatic heterocycles. The van der Waals surface area contributed by atoms with Crippen LogP contribution in [0.3, 0.4) is 0 Å². The molecule has 2 heterocycles. The molecule has 9 heteroatoms. The van der Waals surface area contributed by atoms with Crippen LogP contribution in [0.15, 0.2) is 34.9 Å². The van der Waals surface area contributed by atoms with Crippen molar-refractivity contribution in [3.05, 3.63) is 52.9 Å². The zero-order valence-corrected chi connectivity index (χ0v) is 13.1. The second kappa shape index (κ2) is 6.16. The molecule has 0 bridgehead atoms. The van der Waals surface area contributed by atoms with Crippen molar-refractivity contribution in [3.8, 4) is 0 Å². The highest BCUT2D eigenvalue weighted by atomic mass is 19.4. The van der Waals surface area contributed by atoms with Gasteiger partial charge in [0, 0.05) is 6.07 Å². The van der Waals surface area contributed by atoms with Gasteiger partial charge >= 0.3 is 6.18 Å². The molecule has 1 amide bonds. The lowest BCUT2D eigenvalue weighted by Gasteiger charge is -2.33. The van der Waals surface area contributed by atoms with Crippen molar-refractivity contribution < 1.29 is 32.3 Å². The van der Waals surface area contributed by atoms with Gasteiger partial charge in [0.2, 0.25) is 0 Å². The van der Waals surface area contributed by atoms with Crippen molar-refractivity contribution in [2.24, 2.45) is 0 Å². The van der Waals surface area contributed by atoms with Gasteiger partial charge < -0.3 is 19.7 Å². The maximum atomic E-state index is 12.8. The maximum Gasteiger partial charge on any atom is 0.416 e. The van der Waals surface area contributed by atoms with E-state index >= 15 is 0 Å². The zero-order valence-electron chi connectivity index (χ0n) is 13.1. The third kappa shape index (κ3) is 3.52. The number of nitrogens with one attached hydrogen (secondary N) is 1. The predicted octanol–water partition coefficient (Wildman–Crippen LogP) is 2.40. The minimum Gasteiger partial charge on any atom is -0.377 e. The average molecular weight is 356 g/mol. The Morgan fingerprint density at radius 3 is 2.68 bits per heavy atom. The molecule has 134 valence electrons. The first kappa shape index (κ1) is 17.4. The molecule has 0 aliphatic carbocycles. The molecule has 0 unspecified atom stereocenters. The Morgan fingerprint density at radius 1 is 1.36 bits per heavy atom. The number of benzene rings is 1. The molecule has 0 saturated carbocycles. The number of nitrogens with zero attached hydrogens (tertiary/aromatic N) is 1. The molecule has 2 aromatic rings. The Balaban J connectivity index is 1.71. The van der Waals surface area contributed by atoms with Gasteiger partial charge in [-0.3, -0.25) is 4.79 Å². The summed E-state index contributed by atoms with van der Waals surface area (Å²) in [4.78, 5) is 12.2. The fourth-order valence-electron chi connectivity index (χ4n) is 2.38. The summed E-state index contributed by atoms with van der Waals surface area (Å²) in [5.41, 5.74) is -1.85. The second-order valence-electron chi connectivity index (χ2n) is 5.92. The number of rotatable bonds is 4. The van der Waals surface area contributed by atoms with E-state index < -0.39 is 29.3 Å². The van der Waals surface area contributed by atoms with Crippen molar-refractivity contribution in [2.75, 3.05) is 13.2 Å². The number of aliphatic hydroxyl groups is 1. The molecule has 25 heavy (non-hydrogen) atoms. The van der Waals surface area contributed by atoms with Crippen molar-refractivity contribution in [1.82, 2.24) is 10.5 Å². The quantitative estimate of drug-likeness (QED) is 0.879. The molecule has 1 aromatic heterocycles. The molecule has 1 aromatic carbocycles. The van der Waals surface area contributed by atoms with E-state index in [9.17, 15) is 23.1 Å². The smallest absolute Gasteiger partial charge is 0.377 e. The van der Waals surface area contributed by atoms with Gasteiger partial charge in [0.1, 0.15) is 0 Å². The van der Waals surface area contributed by atoms with Gasteiger partial charge in [-0.15, -0.1) is 0 Å². The second-order valence-corrected chi connectivity index (χ2v) is 5.92. The van der Waals surface area contributed by atoms with Crippen LogP contribution in [0.4, 0.5) is 13.2 Å². The van der Waals surface area contributed by atoms with Crippen LogP contribution in [0.2, 0.25) is 0 Å². The lowest BCUT2D eigenvalue weighted by molar-refractivity contribution is -0.195. The fourth-order valence-corrected chi connectivity index (χ4v) is 2.38. The summed E-state index contributed by atoms with van der Waals surface area (Å²) in [6.45, 7) is 1.65. The van der Waals surface area contributed by atoms with E-state index in [0.29, 0.717) is 5.56 Å². The third-order valence-electron chi connectivity index (χ3n) is 3.94. The minimum absolute atomic E-state index is 0.0455. The molecule has 1 fully saturated rings. The normalized spacial score (nSPS) is 17.6. The molecule has 3 rings (SSSR count). The largest absolute Gasteiger partial charge is 0.416 e. The molecular weight excluding hydrogens is 341 g/mol. The van der Waals surface area contributed by atoms with Crippen LogP contribution in [-0.4, -0.2) is 29.4 Å². The van der Waals surface area contributed by atoms with E-state index in [1.807, 2.05) is 0 Å². The van der Waals surface area contributed by atoms with Crippen molar-refractivity contribution in [1.29, 1.82) is 0 Å². The summed E-state index contributed by atoms with van der Waals surface area (Å²) in [5, 5.41) is 16.2. The highest BCUT2D eigenvalue weighted by Crippen LogP contribution is 2.31. The van der Waals surface area contributed by atoms with Gasteiger partial charge in [-0.2, -0.15) is 13.2 Å². The molecule has 6 nitrogen and oxygen atoms in total. The predicted molar refractivity (Wildman–Crippen MR) is 78.5 cm³/mol. The highest BCUT2D eigenvalue weighted by molar-refractivity contribution is 5.92. The lowest BCUT2D eigenvalue weighted by Crippen LogP contribution is -2.46. The van der Waals surface area contributed by atoms with Crippen LogP contribution in [-0.2, 0) is 16.5 Å². The van der Waals surface area contributed by atoms with Crippen molar-refractivity contribution in [2.45, 2.75) is 24.7 Å². The first-order valence-corrected chi connectivity index (χ1v) is 7.44. The number of carbonyl (C=O) groups is 1. The van der Waals surface area contributed by atoms with Gasteiger partial charge in [0.15, 0.2) is 17.1 Å². The van der Waals surface area contributed by atoms with Crippen LogP contribution >= 0.6 is 0 Å². The van der Waals surface area contributed by atoms with E-state index in [1.54, 1.807) is 6.92 Å². The van der Waals surface area contributed by atoms with E-state index in [0.717, 1.165) is 12.1 Å². The van der Waals surface area contributed by atoms with E-state index in [1.165, 1.54) is 18.2 Å². The van der Waals surface area contributed by atoms with Crippen molar-refractivity contribution >= 4 is 5.91 Å². The van der Waals surface area contributed by atoms with Gasteiger partial charge in [-0.25, -0.2) is 0 Å². The Bertz CT molecular complexity index is 784. The number of hydrogen-bond donors (Lipinski definition) is 2. The number of hydrogen-bond acceptors (Lipinski definition) is 5. The summed E-state index contributed by atoms with van der Waals surface area (Å²) < 4.78 is 48.2. The number of aromatic nitrogens is 1. The lowest BCUT2D eigenvalue weighted by atomic mass is 9.99. The van der Waals surface area contributed by atoms with Gasteiger partial charge in [0.05, 0.1) is 24.8 Å². The standard InChI is InChI=1S/C16H15F3N2O4/c1-9(10-3-2-4-11(5-10)16(17,18)19)20-14(22)12-6-13(25-21-12)15(23)7-24-8-15/h2-6,9,23H,7-8H2,1H3,(H,20,22)/t9-/m1/s1. The van der Waals surface area contributed by atoms with Crippen molar-refractivity contribution in [3.63, 3.8) is 0 Å². The van der Waals surface area contributed by atoms with E-state index in [2.05, 4.69) is 10.5 Å². The molecule has 0 radical (unpaired) electrons. The maximum absolute atomic E-state index is 12.8. The topological polar surface area (TPSA) is 84.6 Å². The molecule has 1 atom stereocenters. The Hall–Kier alpha value is -2.39. The molecule has 1 aliphatic rings. The number of amides is 1. The average Bonchev–Trinajstić information content (AvgIpc) is 3.02. The SMILES string of the molecule is C[C@@H](NC(=O)c1cc(C2(O)COC2)on1)c1cccc(C(F)(F)F)c1. The van der Waals surface area contributed by atoms with Crippen LogP contribution < -0.4 is 5.32 Å². The molecule has 2 N–H and O–H groups in total. The summed E-state index contributed by atoms with van der Waals surface area (Å²) in [5.74, 6) is -0.514. The number of halogens is 3. The summed E-state index contributed by atoms with van der Waals surface area (Å²) in [7, 11) is 0. The van der Waals surface area contributed by atoms with Crippen LogP contribution in [0.5, 0.6) is 0 Å². The molecular formula is C16H15F3N2O4. The van der Waals surface area contributed by atoms with Crippen LogP contribution in [0.1, 0.15) is 40.3 Å². The Labute approximate surface area is 140 Å². The van der Waals surface area contributed by atoms with Gasteiger partial charge in [-0.1, -0.05) is 17.3 Å². The zero-order chi connectivity index (χ0) is 18.2. The number of ether oxygens (including phenoxy) is 1. The van der Waals surface area contributed by atoms with Gasteiger partial charge in [-0.05, 0) is 24.6 Å². The minimum atomic E-state index is -4.46. The third-order valence-corrected chi connectivity index (χ3v) is 3.94. The Kier molecular flexibility index (Phi) is 4.29. The first-order valence-electron chi connectivity index (χ1n) is 7.44. The number of alkyl halides is 3. The van der Waals surface area contributed by atoms with Crippen LogP contribution in [0, 0.1) is 0 Å². The van der Waals surface area contributed by atoms with E-state index in [-0.39, 0.29) is 24.7 Å². The summed E-state index contributed by atoms with van der Waals surface area (Å²) >= 11 is 0. The number of carbonyl (C=O) groups excluding carboxylic acids is 1. The molecule has 0 spiro atoms.